The molecule has 0 radical (unpaired) electrons. The van der Waals surface area contributed by atoms with Crippen LogP contribution in [0.3, 0.4) is 0 Å². The minimum absolute atomic E-state index is 0.0913. The quantitative estimate of drug-likeness (QED) is 0.530. The number of hydrogen-bond donors (Lipinski definition) is 4. The van der Waals surface area contributed by atoms with E-state index in [1.807, 2.05) is 31.2 Å². The van der Waals surface area contributed by atoms with Crippen LogP contribution in [0.25, 0.3) is 0 Å². The number of aromatic amines is 1. The van der Waals surface area contributed by atoms with Crippen molar-refractivity contribution >= 4 is 11.9 Å². The summed E-state index contributed by atoms with van der Waals surface area (Å²) >= 11 is 0. The molecule has 4 N–H and O–H groups in total. The standard InChI is InChI=1S/C19H21N3O2.C6H10O3/c1-14-4-2-5-15(10-14)7-9-19(24)8-3-6-16(11-19)22-18(23)17-12-20-13-21-17;7-6(8)5-1-3-9-4-2-5/h2,4-5,10,12-13,16,24H,3,6,8,11H2,1H3,(H,20,21)(H,22,23);5H,1-4H2,(H,7,8)/t16-,19+;/m1./s1. The van der Waals surface area contributed by atoms with Crippen molar-refractivity contribution in [2.75, 3.05) is 13.2 Å². The van der Waals surface area contributed by atoms with E-state index in [4.69, 9.17) is 9.84 Å². The molecule has 1 aliphatic carbocycles. The number of aliphatic carboxylic acids is 1. The molecule has 1 aromatic carbocycles. The van der Waals surface area contributed by atoms with E-state index in [1.54, 1.807) is 0 Å². The van der Waals surface area contributed by atoms with Gasteiger partial charge in [0.1, 0.15) is 11.3 Å². The molecule has 1 saturated heterocycles. The lowest BCUT2D eigenvalue weighted by Crippen LogP contribution is -2.45. The molecular weight excluding hydrogens is 422 g/mol. The zero-order chi connectivity index (χ0) is 23.7. The van der Waals surface area contributed by atoms with Gasteiger partial charge in [0.05, 0.1) is 18.4 Å². The van der Waals surface area contributed by atoms with Gasteiger partial charge in [0.2, 0.25) is 0 Å². The highest BCUT2D eigenvalue weighted by Gasteiger charge is 2.33. The van der Waals surface area contributed by atoms with Gasteiger partial charge in [0.25, 0.3) is 5.91 Å². The number of rotatable bonds is 3. The number of nitrogens with one attached hydrogen (secondary N) is 2. The molecule has 2 aliphatic rings. The maximum Gasteiger partial charge on any atom is 0.306 e. The van der Waals surface area contributed by atoms with Crippen LogP contribution in [0.15, 0.2) is 36.8 Å². The zero-order valence-corrected chi connectivity index (χ0v) is 18.8. The van der Waals surface area contributed by atoms with E-state index >= 15 is 0 Å². The van der Waals surface area contributed by atoms with Gasteiger partial charge in [-0.25, -0.2) is 4.98 Å². The maximum absolute atomic E-state index is 12.1. The Balaban J connectivity index is 0.000000286. The number of nitrogens with zero attached hydrogens (tertiary/aromatic N) is 1. The SMILES string of the molecule is Cc1cccc(C#C[C@@]2(O)CCC[C@@H](NC(=O)c3cnc[nH]3)C2)c1.O=C(O)C1CCOCC1. The molecule has 8 nitrogen and oxygen atoms in total. The summed E-state index contributed by atoms with van der Waals surface area (Å²) in [5.41, 5.74) is 1.40. The van der Waals surface area contributed by atoms with Crippen LogP contribution in [0.1, 0.15) is 60.1 Å². The Hall–Kier alpha value is -3.15. The molecule has 0 bridgehead atoms. The number of amides is 1. The number of aromatic nitrogens is 2. The van der Waals surface area contributed by atoms with Gasteiger partial charge in [-0.2, -0.15) is 0 Å². The Morgan fingerprint density at radius 2 is 2.06 bits per heavy atom. The molecule has 0 spiro atoms. The molecule has 176 valence electrons. The fraction of sp³-hybridized carbons (Fsp3) is 0.480. The molecule has 1 amide bonds. The van der Waals surface area contributed by atoms with Crippen molar-refractivity contribution < 1.29 is 24.5 Å². The largest absolute Gasteiger partial charge is 0.481 e. The average molecular weight is 454 g/mol. The number of carboxylic acid groups (broad SMARTS) is 1. The van der Waals surface area contributed by atoms with Gasteiger partial charge in [-0.05, 0) is 56.7 Å². The number of carbonyl (C=O) groups excluding carboxylic acids is 1. The third kappa shape index (κ3) is 7.74. The molecule has 1 aromatic heterocycles. The number of hydrogen-bond acceptors (Lipinski definition) is 5. The van der Waals surface area contributed by atoms with E-state index in [2.05, 4.69) is 27.1 Å². The zero-order valence-electron chi connectivity index (χ0n) is 18.8. The molecule has 33 heavy (non-hydrogen) atoms. The predicted molar refractivity (Wildman–Crippen MR) is 122 cm³/mol. The minimum atomic E-state index is -1.06. The van der Waals surface area contributed by atoms with Crippen molar-refractivity contribution in [3.63, 3.8) is 0 Å². The molecule has 0 unspecified atom stereocenters. The van der Waals surface area contributed by atoms with Gasteiger partial charge in [0.15, 0.2) is 0 Å². The van der Waals surface area contributed by atoms with E-state index in [-0.39, 0.29) is 17.9 Å². The van der Waals surface area contributed by atoms with Gasteiger partial charge in [-0.1, -0.05) is 24.0 Å². The summed E-state index contributed by atoms with van der Waals surface area (Å²) in [7, 11) is 0. The first-order chi connectivity index (χ1) is 15.8. The van der Waals surface area contributed by atoms with E-state index in [9.17, 15) is 14.7 Å². The number of carbonyl (C=O) groups is 2. The highest BCUT2D eigenvalue weighted by Crippen LogP contribution is 2.28. The Bertz CT molecular complexity index is 989. The topological polar surface area (TPSA) is 125 Å². The lowest BCUT2D eigenvalue weighted by atomic mass is 9.82. The summed E-state index contributed by atoms with van der Waals surface area (Å²) in [5, 5.41) is 22.2. The molecule has 8 heteroatoms. The second kappa shape index (κ2) is 11.6. The summed E-state index contributed by atoms with van der Waals surface area (Å²) in [5.74, 6) is 5.05. The first-order valence-corrected chi connectivity index (χ1v) is 11.3. The number of H-pyrrole nitrogens is 1. The van der Waals surface area contributed by atoms with Crippen LogP contribution < -0.4 is 5.32 Å². The van der Waals surface area contributed by atoms with Crippen molar-refractivity contribution in [1.29, 1.82) is 0 Å². The number of ether oxygens (including phenoxy) is 1. The summed E-state index contributed by atoms with van der Waals surface area (Å²) in [4.78, 5) is 29.0. The summed E-state index contributed by atoms with van der Waals surface area (Å²) in [6.45, 7) is 3.23. The smallest absolute Gasteiger partial charge is 0.306 e. The minimum Gasteiger partial charge on any atom is -0.481 e. The number of carboxylic acids is 1. The van der Waals surface area contributed by atoms with Gasteiger partial charge >= 0.3 is 5.97 Å². The number of aliphatic hydroxyl groups is 1. The second-order valence-electron chi connectivity index (χ2n) is 8.61. The number of aryl methyl sites for hydroxylation is 1. The Labute approximate surface area is 193 Å². The first-order valence-electron chi connectivity index (χ1n) is 11.3. The van der Waals surface area contributed by atoms with Gasteiger partial charge < -0.3 is 25.3 Å². The van der Waals surface area contributed by atoms with Crippen LogP contribution in [0.4, 0.5) is 0 Å². The molecule has 2 heterocycles. The van der Waals surface area contributed by atoms with Crippen molar-refractivity contribution in [3.05, 3.63) is 53.6 Å². The Morgan fingerprint density at radius 1 is 1.27 bits per heavy atom. The van der Waals surface area contributed by atoms with Crippen LogP contribution >= 0.6 is 0 Å². The Morgan fingerprint density at radius 3 is 2.70 bits per heavy atom. The van der Waals surface area contributed by atoms with Gasteiger partial charge in [-0.3, -0.25) is 9.59 Å². The van der Waals surface area contributed by atoms with E-state index < -0.39 is 11.6 Å². The van der Waals surface area contributed by atoms with E-state index in [0.29, 0.717) is 44.6 Å². The second-order valence-corrected chi connectivity index (χ2v) is 8.61. The van der Waals surface area contributed by atoms with Crippen LogP contribution in [0, 0.1) is 24.7 Å². The van der Waals surface area contributed by atoms with Crippen molar-refractivity contribution in [2.24, 2.45) is 5.92 Å². The maximum atomic E-state index is 12.1. The molecule has 2 aromatic rings. The third-order valence-electron chi connectivity index (χ3n) is 5.83. The predicted octanol–water partition coefficient (Wildman–Crippen LogP) is 2.67. The fourth-order valence-corrected chi connectivity index (χ4v) is 3.99. The molecule has 1 aliphatic heterocycles. The van der Waals surface area contributed by atoms with Gasteiger partial charge in [0, 0.05) is 31.2 Å². The molecule has 1 saturated carbocycles. The summed E-state index contributed by atoms with van der Waals surface area (Å²) in [6, 6.07) is 7.81. The highest BCUT2D eigenvalue weighted by molar-refractivity contribution is 5.92. The van der Waals surface area contributed by atoms with E-state index in [1.165, 1.54) is 12.5 Å². The van der Waals surface area contributed by atoms with Crippen molar-refractivity contribution in [2.45, 2.75) is 57.1 Å². The molecule has 2 fully saturated rings. The first kappa shape index (κ1) is 24.5. The van der Waals surface area contributed by atoms with Crippen molar-refractivity contribution in [3.8, 4) is 11.8 Å². The lowest BCUT2D eigenvalue weighted by Gasteiger charge is -2.33. The van der Waals surface area contributed by atoms with Crippen LogP contribution in [0.5, 0.6) is 0 Å². The molecular formula is C25H31N3O5. The average Bonchev–Trinajstić information content (AvgIpc) is 3.34. The molecule has 4 rings (SSSR count). The van der Waals surface area contributed by atoms with Crippen molar-refractivity contribution in [1.82, 2.24) is 15.3 Å². The lowest BCUT2D eigenvalue weighted by molar-refractivity contribution is -0.144. The summed E-state index contributed by atoms with van der Waals surface area (Å²) in [6.07, 6.45) is 7.04. The number of benzene rings is 1. The third-order valence-corrected chi connectivity index (χ3v) is 5.83. The fourth-order valence-electron chi connectivity index (χ4n) is 3.99. The van der Waals surface area contributed by atoms with Crippen LogP contribution in [-0.4, -0.2) is 56.9 Å². The highest BCUT2D eigenvalue weighted by atomic mass is 16.5. The number of imidazole rings is 1. The van der Waals surface area contributed by atoms with Gasteiger partial charge in [-0.15, -0.1) is 0 Å². The Kier molecular flexibility index (Phi) is 8.64. The monoisotopic (exact) mass is 453 g/mol. The normalized spacial score (nSPS) is 22.8. The van der Waals surface area contributed by atoms with Crippen LogP contribution in [-0.2, 0) is 9.53 Å². The van der Waals surface area contributed by atoms with Crippen LogP contribution in [0.2, 0.25) is 0 Å². The summed E-state index contributed by atoms with van der Waals surface area (Å²) < 4.78 is 4.99. The van der Waals surface area contributed by atoms with E-state index in [0.717, 1.165) is 24.0 Å². The molecule has 2 atom stereocenters.